The van der Waals surface area contributed by atoms with Crippen molar-refractivity contribution in [2.24, 2.45) is 22.9 Å². The predicted molar refractivity (Wildman–Crippen MR) is 314 cm³/mol. The average Bonchev–Trinajstić information content (AvgIpc) is 3.30. The van der Waals surface area contributed by atoms with E-state index in [2.05, 4.69) is 97.3 Å². The number of carbonyl (C=O) groups excluding carboxylic acids is 1. The molecule has 9 nitrogen and oxygen atoms in total. The average molecular weight is 1050 g/mol. The summed E-state index contributed by atoms with van der Waals surface area (Å²) < 4.78 is 21.9. The van der Waals surface area contributed by atoms with Crippen molar-refractivity contribution < 1.29 is 34.1 Å². The van der Waals surface area contributed by atoms with Crippen LogP contribution in [0, 0.1) is 17.8 Å². The van der Waals surface area contributed by atoms with Gasteiger partial charge in [-0.1, -0.05) is 204 Å². The number of oxime groups is 1. The molecular weight excluding hydrogens is 969 g/mol. The second kappa shape index (κ2) is 28.4. The molecule has 2 N–H and O–H groups in total. The molecule has 1 aliphatic heterocycles. The van der Waals surface area contributed by atoms with Crippen LogP contribution in [0.1, 0.15) is 139 Å². The molecule has 1 amide bonds. The van der Waals surface area contributed by atoms with Crippen molar-refractivity contribution in [3.63, 3.8) is 0 Å². The highest BCUT2D eigenvalue weighted by Crippen LogP contribution is 2.62. The van der Waals surface area contributed by atoms with Gasteiger partial charge in [0.2, 0.25) is 11.7 Å². The molecule has 1 fully saturated rings. The minimum atomic E-state index is -1.39. The number of aliphatic hydroxyl groups excluding tert-OH is 2. The molecular formula is C69H82N2O7. The monoisotopic (exact) mass is 1050 g/mol. The molecule has 0 radical (unpaired) electrons. The van der Waals surface area contributed by atoms with Crippen LogP contribution in [0.5, 0.6) is 17.2 Å². The van der Waals surface area contributed by atoms with E-state index in [1.807, 2.05) is 72.8 Å². The summed E-state index contributed by atoms with van der Waals surface area (Å²) in [6.07, 6.45) is 20.0. The molecule has 6 aromatic carbocycles. The molecule has 78 heavy (non-hydrogen) atoms. The Balaban J connectivity index is 1.18. The van der Waals surface area contributed by atoms with Gasteiger partial charge in [0.05, 0.1) is 18.2 Å². The lowest BCUT2D eigenvalue weighted by atomic mass is 9.55. The summed E-state index contributed by atoms with van der Waals surface area (Å²) in [5.41, 5.74) is 7.09. The van der Waals surface area contributed by atoms with Crippen LogP contribution in [-0.4, -0.2) is 58.4 Å². The van der Waals surface area contributed by atoms with E-state index in [9.17, 15) is 10.2 Å². The van der Waals surface area contributed by atoms with E-state index in [-0.39, 0.29) is 50.1 Å². The lowest BCUT2D eigenvalue weighted by Gasteiger charge is -2.60. The number of allylic oxidation sites excluding steroid dienone is 1. The van der Waals surface area contributed by atoms with Crippen LogP contribution >= 0.6 is 0 Å². The summed E-state index contributed by atoms with van der Waals surface area (Å²) in [6.45, 7) is 7.47. The molecule has 1 saturated carbocycles. The second-order valence-corrected chi connectivity index (χ2v) is 21.8. The second-order valence-electron chi connectivity index (χ2n) is 21.8. The van der Waals surface area contributed by atoms with Gasteiger partial charge in [-0.2, -0.15) is 0 Å². The number of hydrogen-bond acceptors (Lipinski definition) is 8. The number of nitrogens with zero attached hydrogens (tertiary/aromatic N) is 2. The van der Waals surface area contributed by atoms with Crippen molar-refractivity contribution in [2.75, 3.05) is 19.8 Å². The first kappa shape index (κ1) is 56.2. The molecule has 1 heterocycles. The Morgan fingerprint density at radius 2 is 1.40 bits per heavy atom. The molecule has 6 unspecified atom stereocenters. The third-order valence-corrected chi connectivity index (χ3v) is 16.5. The Hall–Kier alpha value is -6.52. The van der Waals surface area contributed by atoms with Gasteiger partial charge in [-0.15, -0.1) is 6.58 Å². The number of ether oxygens (including phenoxy) is 3. The highest BCUT2D eigenvalue weighted by molar-refractivity contribution is 6.03. The summed E-state index contributed by atoms with van der Waals surface area (Å²) in [5.74, 6) is 0.257. The Bertz CT molecular complexity index is 2900. The van der Waals surface area contributed by atoms with Crippen LogP contribution in [-0.2, 0) is 27.5 Å². The number of hydrogen-bond donors (Lipinski definition) is 2. The maximum Gasteiger partial charge on any atom is 0.239 e. The van der Waals surface area contributed by atoms with Crippen LogP contribution in [0.25, 0.3) is 21.9 Å². The fraction of sp³-hybridized carbons (Fsp3) is 0.420. The van der Waals surface area contributed by atoms with Crippen LogP contribution in [0.15, 0.2) is 175 Å². The number of benzene rings is 6. The molecule has 0 spiro atoms. The van der Waals surface area contributed by atoms with Gasteiger partial charge in [-0.05, 0) is 113 Å². The van der Waals surface area contributed by atoms with Crippen molar-refractivity contribution in [3.05, 3.63) is 187 Å². The van der Waals surface area contributed by atoms with Crippen molar-refractivity contribution in [1.29, 1.82) is 0 Å². The number of rotatable bonds is 30. The Labute approximate surface area is 464 Å². The number of carbonyl (C=O) groups is 1. The number of aliphatic hydroxyl groups is 2. The Kier molecular flexibility index (Phi) is 20.5. The molecule has 0 saturated heterocycles. The van der Waals surface area contributed by atoms with Crippen LogP contribution in [0.3, 0.4) is 0 Å². The van der Waals surface area contributed by atoms with Gasteiger partial charge in [0.15, 0.2) is 0 Å². The fourth-order valence-electron chi connectivity index (χ4n) is 12.7. The van der Waals surface area contributed by atoms with E-state index < -0.39 is 17.7 Å². The SMILES string of the molecule is C=CCOC12Oc3ccc(Oc4ccc(-c5ccccc5)cc4)cc3C3C(CCCCO)C(CCCCO)C=C(C(=NOCc4ccccc4)CC1N(Cc1cccc4ccccc14)C(=O)CCCCCCCCCCC)C32. The van der Waals surface area contributed by atoms with Gasteiger partial charge in [0.25, 0.3) is 0 Å². The van der Waals surface area contributed by atoms with Crippen LogP contribution in [0.2, 0.25) is 0 Å². The van der Waals surface area contributed by atoms with Crippen molar-refractivity contribution >= 4 is 22.4 Å². The van der Waals surface area contributed by atoms with Crippen LogP contribution < -0.4 is 9.47 Å². The first-order chi connectivity index (χ1) is 38.4. The lowest BCUT2D eigenvalue weighted by Crippen LogP contribution is -2.70. The zero-order valence-corrected chi connectivity index (χ0v) is 46.0. The smallest absolute Gasteiger partial charge is 0.239 e. The lowest BCUT2D eigenvalue weighted by molar-refractivity contribution is -0.258. The van der Waals surface area contributed by atoms with E-state index in [0.29, 0.717) is 43.7 Å². The molecule has 9 heteroatoms. The Morgan fingerprint density at radius 1 is 0.731 bits per heavy atom. The molecule has 6 atom stereocenters. The fourth-order valence-corrected chi connectivity index (χ4v) is 12.7. The summed E-state index contributed by atoms with van der Waals surface area (Å²) in [6, 6.07) is 49.0. The maximum absolute atomic E-state index is 15.7. The van der Waals surface area contributed by atoms with Gasteiger partial charge >= 0.3 is 0 Å². The molecule has 0 bridgehead atoms. The predicted octanol–water partition coefficient (Wildman–Crippen LogP) is 16.1. The van der Waals surface area contributed by atoms with Gasteiger partial charge < -0.3 is 34.2 Å². The van der Waals surface area contributed by atoms with Crippen molar-refractivity contribution in [2.45, 2.75) is 147 Å². The molecule has 0 aromatic heterocycles. The summed E-state index contributed by atoms with van der Waals surface area (Å²) in [4.78, 5) is 24.2. The first-order valence-electron chi connectivity index (χ1n) is 29.3. The van der Waals surface area contributed by atoms with E-state index in [1.165, 1.54) is 38.5 Å². The normalized spacial score (nSPS) is 20.8. The van der Waals surface area contributed by atoms with E-state index in [0.717, 1.165) is 101 Å². The highest BCUT2D eigenvalue weighted by Gasteiger charge is 2.65. The molecule has 3 aliphatic rings. The number of amides is 1. The van der Waals surface area contributed by atoms with Gasteiger partial charge in [-0.3, -0.25) is 4.79 Å². The minimum Gasteiger partial charge on any atom is -0.459 e. The third kappa shape index (κ3) is 13.7. The number of unbranched alkanes of at least 4 members (excludes halogenated alkanes) is 10. The van der Waals surface area contributed by atoms with Crippen LogP contribution in [0.4, 0.5) is 0 Å². The summed E-state index contributed by atoms with van der Waals surface area (Å²) in [7, 11) is 0. The molecule has 6 aromatic rings. The van der Waals surface area contributed by atoms with Crippen molar-refractivity contribution in [1.82, 2.24) is 4.90 Å². The number of fused-ring (bicyclic) bond motifs is 3. The van der Waals surface area contributed by atoms with E-state index in [4.69, 9.17) is 24.2 Å². The molecule has 410 valence electrons. The van der Waals surface area contributed by atoms with Crippen molar-refractivity contribution in [3.8, 4) is 28.4 Å². The van der Waals surface area contributed by atoms with E-state index in [1.54, 1.807) is 6.08 Å². The molecule has 2 aliphatic carbocycles. The van der Waals surface area contributed by atoms with Gasteiger partial charge in [-0.25, -0.2) is 0 Å². The van der Waals surface area contributed by atoms with Gasteiger partial charge in [0, 0.05) is 44.1 Å². The summed E-state index contributed by atoms with van der Waals surface area (Å²) >= 11 is 0. The largest absolute Gasteiger partial charge is 0.459 e. The standard InChI is InChI=1S/C69H82N2O7/c1-3-5-6-7-8-9-10-11-18-36-66(74)71(49-56-33-25-32-54-30-19-20-34-59(54)56)65-48-63(70-76-50-51-26-14-12-15-27-51)61-46-55(31-21-23-43-72)60(35-22-24-44-73)67-62-47-58(41-42-64(62)78-69(65,68(61)67)75-45-4-2)77-57-39-37-53(38-40-57)52-28-16-13-17-29-52/h4,12-17,19-20,25-30,32-34,37-42,46-47,55,60,65,67-68,72-73H,2-3,5-11,18,21-24,31,35-36,43-45,48-50H2,1H3. The maximum atomic E-state index is 15.7. The molecule has 9 rings (SSSR count). The highest BCUT2D eigenvalue weighted by atomic mass is 16.7. The first-order valence-corrected chi connectivity index (χ1v) is 29.3. The topological polar surface area (TPSA) is 110 Å². The minimum absolute atomic E-state index is 0.0552. The van der Waals surface area contributed by atoms with E-state index >= 15 is 4.79 Å². The summed E-state index contributed by atoms with van der Waals surface area (Å²) in [5, 5.41) is 27.7. The van der Waals surface area contributed by atoms with Gasteiger partial charge in [0.1, 0.15) is 29.9 Å². The zero-order valence-electron chi connectivity index (χ0n) is 46.0. The zero-order chi connectivity index (χ0) is 53.9. The quantitative estimate of drug-likeness (QED) is 0.0263. The third-order valence-electron chi connectivity index (χ3n) is 16.5. The Morgan fingerprint density at radius 3 is 2.14 bits per heavy atom.